The highest BCUT2D eigenvalue weighted by molar-refractivity contribution is 6.09. The Hall–Kier alpha value is -3.74. The van der Waals surface area contributed by atoms with Crippen molar-refractivity contribution in [3.63, 3.8) is 0 Å². The summed E-state index contributed by atoms with van der Waals surface area (Å²) in [6.07, 6.45) is 2.06. The molecule has 1 heterocycles. The van der Waals surface area contributed by atoms with Crippen LogP contribution in [0.2, 0.25) is 0 Å². The fourth-order valence-electron chi connectivity index (χ4n) is 3.87. The number of nitrogens with one attached hydrogen (secondary N) is 2. The third-order valence-electron chi connectivity index (χ3n) is 5.58. The number of anilines is 1. The van der Waals surface area contributed by atoms with E-state index >= 15 is 0 Å². The van der Waals surface area contributed by atoms with Crippen LogP contribution in [-0.4, -0.2) is 17.5 Å². The van der Waals surface area contributed by atoms with E-state index in [1.807, 2.05) is 32.0 Å². The number of furan rings is 1. The predicted molar refractivity (Wildman–Crippen MR) is 121 cm³/mol. The van der Waals surface area contributed by atoms with Crippen LogP contribution >= 0.6 is 0 Å². The van der Waals surface area contributed by atoms with E-state index in [1.54, 1.807) is 13.0 Å². The third kappa shape index (κ3) is 4.19. The number of fused-ring (bicyclic) bond motifs is 1. The Balaban J connectivity index is 1.59. The van der Waals surface area contributed by atoms with Gasteiger partial charge in [-0.05, 0) is 62.9 Å². The second kappa shape index (κ2) is 8.78. The summed E-state index contributed by atoms with van der Waals surface area (Å²) in [5, 5.41) is 7.17. The van der Waals surface area contributed by atoms with E-state index in [0.717, 1.165) is 28.8 Å². The van der Waals surface area contributed by atoms with Gasteiger partial charge in [0.05, 0.1) is 11.3 Å². The molecule has 0 unspecified atom stereocenters. The van der Waals surface area contributed by atoms with Gasteiger partial charge in [-0.1, -0.05) is 24.3 Å². The second-order valence-corrected chi connectivity index (χ2v) is 7.96. The molecule has 0 radical (unpaired) electrons. The molecule has 0 bridgehead atoms. The maximum atomic E-state index is 13.9. The van der Waals surface area contributed by atoms with Crippen molar-refractivity contribution >= 4 is 23.2 Å². The first kappa shape index (κ1) is 21.5. The molecule has 6 nitrogen and oxygen atoms in total. The van der Waals surface area contributed by atoms with Crippen LogP contribution in [0.1, 0.15) is 61.8 Å². The minimum Gasteiger partial charge on any atom is -0.455 e. The third-order valence-corrected chi connectivity index (χ3v) is 5.58. The van der Waals surface area contributed by atoms with E-state index in [4.69, 9.17) is 4.42 Å². The van der Waals surface area contributed by atoms with Crippen LogP contribution in [0.4, 0.5) is 10.1 Å². The van der Waals surface area contributed by atoms with E-state index in [9.17, 15) is 14.0 Å². The summed E-state index contributed by atoms with van der Waals surface area (Å²) in [6.45, 7) is 5.70. The van der Waals surface area contributed by atoms with Gasteiger partial charge in [-0.15, -0.1) is 0 Å². The lowest BCUT2D eigenvalue weighted by atomic mass is 9.93. The number of carbonyl (C=O) groups excluding carboxylic acids is 2. The van der Waals surface area contributed by atoms with Gasteiger partial charge in [-0.2, -0.15) is 5.10 Å². The fraction of sp³-hybridized carbons (Fsp3) is 0.240. The number of rotatable bonds is 4. The molecule has 2 amide bonds. The van der Waals surface area contributed by atoms with Crippen molar-refractivity contribution in [2.45, 2.75) is 40.0 Å². The monoisotopic (exact) mass is 433 g/mol. The van der Waals surface area contributed by atoms with Crippen molar-refractivity contribution in [1.82, 2.24) is 5.43 Å². The smallest absolute Gasteiger partial charge is 0.291 e. The van der Waals surface area contributed by atoms with Crippen LogP contribution in [-0.2, 0) is 6.42 Å². The van der Waals surface area contributed by atoms with E-state index in [-0.39, 0.29) is 17.2 Å². The highest BCUT2D eigenvalue weighted by Crippen LogP contribution is 2.30. The molecular weight excluding hydrogens is 409 g/mol. The molecule has 3 aromatic rings. The van der Waals surface area contributed by atoms with Gasteiger partial charge >= 0.3 is 0 Å². The molecule has 0 atom stereocenters. The van der Waals surface area contributed by atoms with Crippen molar-refractivity contribution in [2.24, 2.45) is 5.10 Å². The van der Waals surface area contributed by atoms with Gasteiger partial charge in [0.2, 0.25) is 0 Å². The normalized spacial score (nSPS) is 14.2. The molecule has 164 valence electrons. The number of hydrazone groups is 1. The van der Waals surface area contributed by atoms with Crippen molar-refractivity contribution in [3.8, 4) is 0 Å². The average molecular weight is 433 g/mol. The minimum atomic E-state index is -0.628. The topological polar surface area (TPSA) is 83.7 Å². The Morgan fingerprint density at radius 3 is 2.59 bits per heavy atom. The molecule has 0 aliphatic heterocycles. The first-order valence-electron chi connectivity index (χ1n) is 10.5. The first-order chi connectivity index (χ1) is 15.3. The molecule has 32 heavy (non-hydrogen) atoms. The molecule has 1 aliphatic rings. The molecule has 1 aliphatic carbocycles. The van der Waals surface area contributed by atoms with Crippen LogP contribution in [0, 0.1) is 26.6 Å². The molecular formula is C25H24FN3O3. The number of amides is 2. The van der Waals surface area contributed by atoms with Gasteiger partial charge in [0.1, 0.15) is 11.6 Å². The summed E-state index contributed by atoms with van der Waals surface area (Å²) >= 11 is 0. The number of nitrogens with zero attached hydrogens (tertiary/aromatic N) is 1. The van der Waals surface area contributed by atoms with Crippen molar-refractivity contribution in [1.29, 1.82) is 0 Å². The van der Waals surface area contributed by atoms with Gasteiger partial charge in [0.25, 0.3) is 11.8 Å². The molecule has 0 spiro atoms. The molecule has 0 saturated carbocycles. The molecule has 0 fully saturated rings. The van der Waals surface area contributed by atoms with Crippen LogP contribution in [0.5, 0.6) is 0 Å². The van der Waals surface area contributed by atoms with Crippen molar-refractivity contribution in [3.05, 3.63) is 87.6 Å². The van der Waals surface area contributed by atoms with Gasteiger partial charge in [0.15, 0.2) is 5.76 Å². The number of hydrogen-bond donors (Lipinski definition) is 2. The molecule has 4 rings (SSSR count). The summed E-state index contributed by atoms with van der Waals surface area (Å²) in [4.78, 5) is 25.3. The summed E-state index contributed by atoms with van der Waals surface area (Å²) in [5.74, 6) is -0.679. The van der Waals surface area contributed by atoms with Crippen LogP contribution in [0.15, 0.2) is 52.0 Å². The maximum absolute atomic E-state index is 13.9. The van der Waals surface area contributed by atoms with E-state index in [2.05, 4.69) is 15.8 Å². The van der Waals surface area contributed by atoms with E-state index in [1.165, 1.54) is 18.2 Å². The standard InChI is InChI=1S/C25H24FN3O3/c1-14-11-12-15(2)20(13-14)27-25(31)23-16(3)22-19(9-6-10-21(22)32-23)28-29-24(30)17-7-4-5-8-18(17)26/h4-5,7-8,11-13H,6,9-10H2,1-3H3,(H,27,31)(H,29,30)/b28-19+. The number of benzene rings is 2. The summed E-state index contributed by atoms with van der Waals surface area (Å²) in [5.41, 5.74) is 7.10. The number of aryl methyl sites for hydroxylation is 3. The van der Waals surface area contributed by atoms with Crippen LogP contribution < -0.4 is 10.7 Å². The minimum absolute atomic E-state index is 0.0783. The lowest BCUT2D eigenvalue weighted by Gasteiger charge is -2.13. The zero-order valence-corrected chi connectivity index (χ0v) is 18.2. The molecule has 2 aromatic carbocycles. The maximum Gasteiger partial charge on any atom is 0.291 e. The Morgan fingerprint density at radius 1 is 1.03 bits per heavy atom. The quantitative estimate of drug-likeness (QED) is 0.564. The summed E-state index contributed by atoms with van der Waals surface area (Å²) < 4.78 is 19.8. The number of hydrogen-bond acceptors (Lipinski definition) is 4. The van der Waals surface area contributed by atoms with E-state index < -0.39 is 11.7 Å². The second-order valence-electron chi connectivity index (χ2n) is 7.96. The average Bonchev–Trinajstić information content (AvgIpc) is 3.12. The lowest BCUT2D eigenvalue weighted by Crippen LogP contribution is -2.23. The summed E-state index contributed by atoms with van der Waals surface area (Å²) in [7, 11) is 0. The number of halogens is 1. The van der Waals surface area contributed by atoms with Gasteiger partial charge in [-0.25, -0.2) is 9.82 Å². The Kier molecular flexibility index (Phi) is 5.90. The Bertz CT molecular complexity index is 1240. The largest absolute Gasteiger partial charge is 0.455 e. The fourth-order valence-corrected chi connectivity index (χ4v) is 3.87. The highest BCUT2D eigenvalue weighted by Gasteiger charge is 2.28. The molecule has 0 saturated heterocycles. The number of carbonyl (C=O) groups is 2. The van der Waals surface area contributed by atoms with Crippen molar-refractivity contribution in [2.75, 3.05) is 5.32 Å². The molecule has 1 aromatic heterocycles. The molecule has 7 heteroatoms. The molecule has 2 N–H and O–H groups in total. The van der Waals surface area contributed by atoms with Crippen LogP contribution in [0.3, 0.4) is 0 Å². The zero-order valence-electron chi connectivity index (χ0n) is 18.2. The SMILES string of the molecule is Cc1ccc(C)c(NC(=O)c2oc3c(c2C)/C(=N/NC(=O)c2ccccc2F)CCC3)c1. The lowest BCUT2D eigenvalue weighted by molar-refractivity contribution is 0.0949. The Labute approximate surface area is 185 Å². The first-order valence-corrected chi connectivity index (χ1v) is 10.5. The summed E-state index contributed by atoms with van der Waals surface area (Å²) in [6, 6.07) is 11.6. The van der Waals surface area contributed by atoms with E-state index in [0.29, 0.717) is 29.9 Å². The van der Waals surface area contributed by atoms with Crippen molar-refractivity contribution < 1.29 is 18.4 Å². The van der Waals surface area contributed by atoms with Gasteiger partial charge in [-0.3, -0.25) is 9.59 Å². The van der Waals surface area contributed by atoms with Gasteiger partial charge in [0, 0.05) is 23.2 Å². The highest BCUT2D eigenvalue weighted by atomic mass is 19.1. The zero-order chi connectivity index (χ0) is 22.8. The van der Waals surface area contributed by atoms with Crippen LogP contribution in [0.25, 0.3) is 0 Å². The Morgan fingerprint density at radius 2 is 1.81 bits per heavy atom. The van der Waals surface area contributed by atoms with Gasteiger partial charge < -0.3 is 9.73 Å². The predicted octanol–water partition coefficient (Wildman–Crippen LogP) is 5.07.